The lowest BCUT2D eigenvalue weighted by atomic mass is 10.1. The van der Waals surface area contributed by atoms with E-state index in [0.717, 1.165) is 0 Å². The maximum absolute atomic E-state index is 11.4. The Balaban J connectivity index is 2.27. The van der Waals surface area contributed by atoms with Gasteiger partial charge in [-0.25, -0.2) is 4.79 Å². The molecule has 0 unspecified atom stereocenters. The Morgan fingerprint density at radius 2 is 1.73 bits per heavy atom. The van der Waals surface area contributed by atoms with Crippen molar-refractivity contribution in [3.05, 3.63) is 60.3 Å². The summed E-state index contributed by atoms with van der Waals surface area (Å²) < 4.78 is 10.4. The van der Waals surface area contributed by atoms with E-state index in [4.69, 9.17) is 9.47 Å². The number of hydrogen-bond acceptors (Lipinski definition) is 4. The summed E-state index contributed by atoms with van der Waals surface area (Å²) in [5.74, 6) is 0.176. The first kappa shape index (κ1) is 15.4. The monoisotopic (exact) mass is 299 g/mol. The highest BCUT2D eigenvalue weighted by Crippen LogP contribution is 2.30. The fourth-order valence-corrected chi connectivity index (χ4v) is 1.97. The van der Waals surface area contributed by atoms with Gasteiger partial charge in [0.05, 0.1) is 19.8 Å². The minimum atomic E-state index is -1.00. The fourth-order valence-electron chi connectivity index (χ4n) is 1.97. The van der Waals surface area contributed by atoms with E-state index in [-0.39, 0.29) is 5.57 Å². The summed E-state index contributed by atoms with van der Waals surface area (Å²) in [6.45, 7) is 0. The summed E-state index contributed by atoms with van der Waals surface area (Å²) in [6, 6.07) is 14.2. The Morgan fingerprint density at radius 3 is 2.32 bits per heavy atom. The van der Waals surface area contributed by atoms with Gasteiger partial charge in [0.25, 0.3) is 0 Å². The summed E-state index contributed by atoms with van der Waals surface area (Å²) >= 11 is 0. The quantitative estimate of drug-likeness (QED) is 0.801. The molecule has 0 atom stereocenters. The van der Waals surface area contributed by atoms with Gasteiger partial charge in [0, 0.05) is 18.0 Å². The Kier molecular flexibility index (Phi) is 5.03. The number of carboxylic acids is 1. The zero-order valence-electron chi connectivity index (χ0n) is 12.4. The molecule has 0 aliphatic rings. The van der Waals surface area contributed by atoms with E-state index in [1.165, 1.54) is 6.20 Å². The molecule has 0 aliphatic heterocycles. The molecule has 0 aromatic heterocycles. The van der Waals surface area contributed by atoms with Gasteiger partial charge in [-0.05, 0) is 17.7 Å². The van der Waals surface area contributed by atoms with E-state index in [1.807, 2.05) is 6.07 Å². The molecular weight excluding hydrogens is 282 g/mol. The van der Waals surface area contributed by atoms with Crippen LogP contribution >= 0.6 is 0 Å². The molecule has 5 nitrogen and oxygen atoms in total. The van der Waals surface area contributed by atoms with Crippen molar-refractivity contribution in [3.8, 4) is 11.5 Å². The predicted octanol–water partition coefficient (Wildman–Crippen LogP) is 3.24. The molecule has 0 heterocycles. The van der Waals surface area contributed by atoms with Gasteiger partial charge in [0.15, 0.2) is 11.5 Å². The summed E-state index contributed by atoms with van der Waals surface area (Å²) in [5, 5.41) is 12.3. The van der Waals surface area contributed by atoms with Gasteiger partial charge >= 0.3 is 5.97 Å². The van der Waals surface area contributed by atoms with Crippen molar-refractivity contribution in [2.24, 2.45) is 0 Å². The molecule has 2 aromatic carbocycles. The van der Waals surface area contributed by atoms with E-state index in [0.29, 0.717) is 22.7 Å². The highest BCUT2D eigenvalue weighted by Gasteiger charge is 2.10. The average molecular weight is 299 g/mol. The summed E-state index contributed by atoms with van der Waals surface area (Å²) in [7, 11) is 3.10. The van der Waals surface area contributed by atoms with Crippen LogP contribution < -0.4 is 14.8 Å². The summed E-state index contributed by atoms with van der Waals surface area (Å²) in [5.41, 5.74) is 1.51. The van der Waals surface area contributed by atoms with Gasteiger partial charge in [-0.1, -0.05) is 30.3 Å². The van der Waals surface area contributed by atoms with Crippen molar-refractivity contribution in [1.82, 2.24) is 0 Å². The van der Waals surface area contributed by atoms with Gasteiger partial charge in [-0.3, -0.25) is 0 Å². The van der Waals surface area contributed by atoms with Crippen LogP contribution in [0.25, 0.3) is 5.57 Å². The first-order valence-electron chi connectivity index (χ1n) is 6.63. The fraction of sp³-hybridized carbons (Fsp3) is 0.118. The molecule has 2 aromatic rings. The van der Waals surface area contributed by atoms with Crippen LogP contribution in [0.15, 0.2) is 54.7 Å². The molecule has 114 valence electrons. The largest absolute Gasteiger partial charge is 0.493 e. The third-order valence-electron chi connectivity index (χ3n) is 3.08. The molecule has 0 aliphatic carbocycles. The van der Waals surface area contributed by atoms with Crippen LogP contribution in [0, 0.1) is 0 Å². The maximum Gasteiger partial charge on any atom is 0.337 e. The summed E-state index contributed by atoms with van der Waals surface area (Å²) in [4.78, 5) is 11.4. The number of benzene rings is 2. The zero-order valence-corrected chi connectivity index (χ0v) is 12.4. The van der Waals surface area contributed by atoms with Crippen LogP contribution in [0.1, 0.15) is 5.56 Å². The van der Waals surface area contributed by atoms with Crippen molar-refractivity contribution >= 4 is 17.2 Å². The molecule has 22 heavy (non-hydrogen) atoms. The van der Waals surface area contributed by atoms with Crippen molar-refractivity contribution in [3.63, 3.8) is 0 Å². The molecule has 0 amide bonds. The van der Waals surface area contributed by atoms with Crippen LogP contribution in [0.4, 0.5) is 5.69 Å². The number of aliphatic carboxylic acids is 1. The van der Waals surface area contributed by atoms with Crippen molar-refractivity contribution in [1.29, 1.82) is 0 Å². The van der Waals surface area contributed by atoms with Crippen LogP contribution in [0.2, 0.25) is 0 Å². The molecule has 2 N–H and O–H groups in total. The number of hydrogen-bond donors (Lipinski definition) is 2. The number of rotatable bonds is 6. The molecule has 0 saturated carbocycles. The van der Waals surface area contributed by atoms with E-state index in [1.54, 1.807) is 56.7 Å². The topological polar surface area (TPSA) is 67.8 Å². The highest BCUT2D eigenvalue weighted by atomic mass is 16.5. The summed E-state index contributed by atoms with van der Waals surface area (Å²) in [6.07, 6.45) is 1.46. The minimum Gasteiger partial charge on any atom is -0.493 e. The van der Waals surface area contributed by atoms with Crippen molar-refractivity contribution < 1.29 is 19.4 Å². The second kappa shape index (κ2) is 7.17. The lowest BCUT2D eigenvalue weighted by molar-refractivity contribution is -0.130. The normalized spacial score (nSPS) is 10.9. The van der Waals surface area contributed by atoms with Gasteiger partial charge in [-0.15, -0.1) is 0 Å². The van der Waals surface area contributed by atoms with E-state index < -0.39 is 5.97 Å². The number of carbonyl (C=O) groups is 1. The first-order chi connectivity index (χ1) is 10.7. The van der Waals surface area contributed by atoms with Gasteiger partial charge in [-0.2, -0.15) is 0 Å². The second-order valence-electron chi connectivity index (χ2n) is 4.44. The first-order valence-corrected chi connectivity index (χ1v) is 6.63. The number of ether oxygens (including phenoxy) is 2. The molecule has 2 rings (SSSR count). The van der Waals surface area contributed by atoms with Crippen molar-refractivity contribution in [2.45, 2.75) is 0 Å². The van der Waals surface area contributed by atoms with Crippen molar-refractivity contribution in [2.75, 3.05) is 19.5 Å². The molecule has 0 saturated heterocycles. The van der Waals surface area contributed by atoms with Crippen LogP contribution in [-0.4, -0.2) is 25.3 Å². The number of anilines is 1. The Bertz CT molecular complexity index is 680. The minimum absolute atomic E-state index is 0.176. The van der Waals surface area contributed by atoms with Gasteiger partial charge < -0.3 is 19.9 Å². The van der Waals surface area contributed by atoms with Gasteiger partial charge in [0.2, 0.25) is 0 Å². The smallest absolute Gasteiger partial charge is 0.337 e. The second-order valence-corrected chi connectivity index (χ2v) is 4.44. The number of methoxy groups -OCH3 is 2. The van der Waals surface area contributed by atoms with Crippen LogP contribution in [0.3, 0.4) is 0 Å². The Labute approximate surface area is 128 Å². The van der Waals surface area contributed by atoms with E-state index in [2.05, 4.69) is 5.32 Å². The SMILES string of the molecule is COc1ccc(N/C=C(\C(=O)O)c2ccccc2)cc1OC. The maximum atomic E-state index is 11.4. The standard InChI is InChI=1S/C17H17NO4/c1-21-15-9-8-13(10-16(15)22-2)18-11-14(17(19)20)12-6-4-3-5-7-12/h3-11,18H,1-2H3,(H,19,20)/b14-11-. The average Bonchev–Trinajstić information content (AvgIpc) is 2.55. The molecule has 0 fully saturated rings. The molecule has 0 radical (unpaired) electrons. The number of carboxylic acid groups (broad SMARTS) is 1. The van der Waals surface area contributed by atoms with Crippen LogP contribution in [-0.2, 0) is 4.79 Å². The lowest BCUT2D eigenvalue weighted by Crippen LogP contribution is -2.02. The molecule has 0 spiro atoms. The third kappa shape index (κ3) is 3.58. The molecule has 0 bridgehead atoms. The van der Waals surface area contributed by atoms with E-state index in [9.17, 15) is 9.90 Å². The third-order valence-corrected chi connectivity index (χ3v) is 3.08. The Morgan fingerprint density at radius 1 is 1.05 bits per heavy atom. The highest BCUT2D eigenvalue weighted by molar-refractivity contribution is 6.15. The van der Waals surface area contributed by atoms with Gasteiger partial charge in [0.1, 0.15) is 0 Å². The van der Waals surface area contributed by atoms with E-state index >= 15 is 0 Å². The Hall–Kier alpha value is -2.95. The lowest BCUT2D eigenvalue weighted by Gasteiger charge is -2.10. The molecule has 5 heteroatoms. The number of nitrogens with one attached hydrogen (secondary N) is 1. The zero-order chi connectivity index (χ0) is 15.9. The predicted molar refractivity (Wildman–Crippen MR) is 85.2 cm³/mol. The van der Waals surface area contributed by atoms with Crippen LogP contribution in [0.5, 0.6) is 11.5 Å². The molecular formula is C17H17NO4.